The Morgan fingerprint density at radius 3 is 2.62 bits per heavy atom. The summed E-state index contributed by atoms with van der Waals surface area (Å²) in [4.78, 5) is -0.186. The van der Waals surface area contributed by atoms with E-state index in [2.05, 4.69) is 0 Å². The molecule has 2 N–H and O–H groups in total. The third kappa shape index (κ3) is 3.32. The van der Waals surface area contributed by atoms with E-state index >= 15 is 0 Å². The number of sulfone groups is 1. The van der Waals surface area contributed by atoms with Crippen LogP contribution in [0.3, 0.4) is 0 Å². The summed E-state index contributed by atoms with van der Waals surface area (Å²) >= 11 is 5.88. The van der Waals surface area contributed by atoms with Gasteiger partial charge in [0.15, 0.2) is 9.84 Å². The molecular formula is C14H10ClFN2O2S. The van der Waals surface area contributed by atoms with Gasteiger partial charge in [0.2, 0.25) is 0 Å². The van der Waals surface area contributed by atoms with E-state index in [1.165, 1.54) is 24.3 Å². The second kappa shape index (κ2) is 5.72. The number of nitrogens with zero attached hydrogens (tertiary/aromatic N) is 1. The lowest BCUT2D eigenvalue weighted by molar-refractivity contribution is 0.595. The van der Waals surface area contributed by atoms with Crippen molar-refractivity contribution in [3.8, 4) is 6.07 Å². The van der Waals surface area contributed by atoms with E-state index < -0.39 is 21.4 Å². The lowest BCUT2D eigenvalue weighted by Crippen LogP contribution is -2.09. The fourth-order valence-corrected chi connectivity index (χ4v) is 4.02. The summed E-state index contributed by atoms with van der Waals surface area (Å²) in [6.45, 7) is 0. The van der Waals surface area contributed by atoms with Crippen LogP contribution in [-0.2, 0) is 15.6 Å². The van der Waals surface area contributed by atoms with Crippen molar-refractivity contribution in [2.45, 2.75) is 10.6 Å². The molecule has 21 heavy (non-hydrogen) atoms. The quantitative estimate of drug-likeness (QED) is 0.880. The second-order valence-corrected chi connectivity index (χ2v) is 6.71. The van der Waals surface area contributed by atoms with E-state index in [1.54, 1.807) is 6.07 Å². The highest BCUT2D eigenvalue weighted by Crippen LogP contribution is 2.30. The average Bonchev–Trinajstić information content (AvgIpc) is 2.36. The van der Waals surface area contributed by atoms with Crippen LogP contribution in [0.15, 0.2) is 41.3 Å². The first-order valence-corrected chi connectivity index (χ1v) is 7.83. The third-order valence-electron chi connectivity index (χ3n) is 2.75. The highest BCUT2D eigenvalue weighted by molar-refractivity contribution is 7.91. The summed E-state index contributed by atoms with van der Waals surface area (Å²) < 4.78 is 38.1. The number of anilines is 1. The Balaban J connectivity index is 2.48. The molecule has 2 aromatic rings. The minimum Gasteiger partial charge on any atom is -0.398 e. The predicted octanol–water partition coefficient (Wildman–Crippen LogP) is 2.91. The minimum atomic E-state index is -3.85. The maximum absolute atomic E-state index is 13.4. The first-order valence-electron chi connectivity index (χ1n) is 5.80. The van der Waals surface area contributed by atoms with Crippen LogP contribution in [0.4, 0.5) is 10.1 Å². The van der Waals surface area contributed by atoms with Gasteiger partial charge in [-0.2, -0.15) is 5.26 Å². The van der Waals surface area contributed by atoms with Crippen molar-refractivity contribution in [3.63, 3.8) is 0 Å². The van der Waals surface area contributed by atoms with Gasteiger partial charge in [-0.3, -0.25) is 0 Å². The molecule has 0 aliphatic heterocycles. The molecule has 0 radical (unpaired) electrons. The molecule has 0 aliphatic carbocycles. The van der Waals surface area contributed by atoms with Crippen LogP contribution < -0.4 is 5.73 Å². The van der Waals surface area contributed by atoms with E-state index in [4.69, 9.17) is 22.6 Å². The van der Waals surface area contributed by atoms with Crippen molar-refractivity contribution < 1.29 is 12.8 Å². The molecule has 108 valence electrons. The molecule has 0 fully saturated rings. The lowest BCUT2D eigenvalue weighted by atomic mass is 10.1. The standard InChI is InChI=1S/C14H10ClFN2O2S/c15-12-2-1-3-13(18)14(12)21(19,20)8-10-4-9(7-17)5-11(16)6-10/h1-6H,8,18H2. The van der Waals surface area contributed by atoms with Crippen LogP contribution in [0.1, 0.15) is 11.1 Å². The summed E-state index contributed by atoms with van der Waals surface area (Å²) in [5.74, 6) is -1.17. The van der Waals surface area contributed by atoms with E-state index in [1.807, 2.05) is 0 Å². The zero-order valence-electron chi connectivity index (χ0n) is 10.7. The Kier molecular flexibility index (Phi) is 4.16. The summed E-state index contributed by atoms with van der Waals surface area (Å²) in [7, 11) is -3.85. The van der Waals surface area contributed by atoms with E-state index in [-0.39, 0.29) is 26.7 Å². The lowest BCUT2D eigenvalue weighted by Gasteiger charge is -2.09. The van der Waals surface area contributed by atoms with Gasteiger partial charge in [-0.1, -0.05) is 17.7 Å². The number of hydrogen-bond donors (Lipinski definition) is 1. The maximum Gasteiger partial charge on any atom is 0.186 e. The number of rotatable bonds is 3. The molecule has 0 saturated heterocycles. The average molecular weight is 325 g/mol. The van der Waals surface area contributed by atoms with Gasteiger partial charge in [-0.25, -0.2) is 12.8 Å². The van der Waals surface area contributed by atoms with Gasteiger partial charge >= 0.3 is 0 Å². The maximum atomic E-state index is 13.4. The molecule has 0 aromatic heterocycles. The zero-order chi connectivity index (χ0) is 15.6. The number of nitrogen functional groups attached to an aromatic ring is 1. The predicted molar refractivity (Wildman–Crippen MR) is 77.9 cm³/mol. The van der Waals surface area contributed by atoms with Gasteiger partial charge in [0.05, 0.1) is 28.1 Å². The zero-order valence-corrected chi connectivity index (χ0v) is 12.2. The number of benzene rings is 2. The van der Waals surface area contributed by atoms with Gasteiger partial charge in [0.25, 0.3) is 0 Å². The van der Waals surface area contributed by atoms with Crippen molar-refractivity contribution >= 4 is 27.1 Å². The van der Waals surface area contributed by atoms with Crippen molar-refractivity contribution in [3.05, 3.63) is 58.4 Å². The van der Waals surface area contributed by atoms with Crippen molar-refractivity contribution in [1.29, 1.82) is 5.26 Å². The Bertz CT molecular complexity index is 824. The van der Waals surface area contributed by atoms with Gasteiger partial charge < -0.3 is 5.73 Å². The summed E-state index contributed by atoms with van der Waals surface area (Å²) in [5, 5.41) is 8.79. The molecular weight excluding hydrogens is 315 g/mol. The molecule has 0 heterocycles. The molecule has 0 amide bonds. The van der Waals surface area contributed by atoms with Crippen LogP contribution in [0.5, 0.6) is 0 Å². The molecule has 0 spiro atoms. The summed E-state index contributed by atoms with van der Waals surface area (Å²) in [6, 6.07) is 9.54. The van der Waals surface area contributed by atoms with Crippen molar-refractivity contribution in [2.75, 3.05) is 5.73 Å². The van der Waals surface area contributed by atoms with Crippen LogP contribution >= 0.6 is 11.6 Å². The van der Waals surface area contributed by atoms with E-state index in [9.17, 15) is 12.8 Å². The fourth-order valence-electron chi connectivity index (χ4n) is 1.94. The summed E-state index contributed by atoms with van der Waals surface area (Å²) in [5.41, 5.74) is 5.89. The fraction of sp³-hybridized carbons (Fsp3) is 0.0714. The number of nitrogens with two attached hydrogens (primary N) is 1. The van der Waals surface area contributed by atoms with Crippen LogP contribution in [0, 0.1) is 17.1 Å². The number of hydrogen-bond acceptors (Lipinski definition) is 4. The number of halogens is 2. The molecule has 4 nitrogen and oxygen atoms in total. The smallest absolute Gasteiger partial charge is 0.186 e. The van der Waals surface area contributed by atoms with Gasteiger partial charge in [0, 0.05) is 0 Å². The largest absolute Gasteiger partial charge is 0.398 e. The third-order valence-corrected chi connectivity index (χ3v) is 4.97. The van der Waals surface area contributed by atoms with Crippen LogP contribution in [0.2, 0.25) is 5.02 Å². The van der Waals surface area contributed by atoms with E-state index in [0.717, 1.165) is 12.1 Å². The van der Waals surface area contributed by atoms with E-state index in [0.29, 0.717) is 0 Å². The number of nitriles is 1. The Hall–Kier alpha value is -2.10. The molecule has 0 bridgehead atoms. The molecule has 0 unspecified atom stereocenters. The molecule has 2 aromatic carbocycles. The van der Waals surface area contributed by atoms with Crippen molar-refractivity contribution in [2.24, 2.45) is 0 Å². The van der Waals surface area contributed by atoms with Crippen molar-refractivity contribution in [1.82, 2.24) is 0 Å². The monoisotopic (exact) mass is 324 g/mol. The van der Waals surface area contributed by atoms with Crippen LogP contribution in [-0.4, -0.2) is 8.42 Å². The molecule has 0 saturated carbocycles. The highest BCUT2D eigenvalue weighted by atomic mass is 35.5. The Labute approximate surface area is 126 Å². The van der Waals surface area contributed by atoms with Crippen LogP contribution in [0.25, 0.3) is 0 Å². The second-order valence-electron chi connectivity index (χ2n) is 4.38. The molecule has 0 atom stereocenters. The minimum absolute atomic E-state index is 0.00640. The molecule has 2 rings (SSSR count). The Morgan fingerprint density at radius 1 is 1.29 bits per heavy atom. The highest BCUT2D eigenvalue weighted by Gasteiger charge is 2.22. The Morgan fingerprint density at radius 2 is 2.00 bits per heavy atom. The first kappa shape index (κ1) is 15.3. The van der Waals surface area contributed by atoms with Gasteiger partial charge in [-0.05, 0) is 35.9 Å². The normalized spacial score (nSPS) is 11.1. The molecule has 7 heteroatoms. The van der Waals surface area contributed by atoms with Gasteiger partial charge in [0.1, 0.15) is 10.7 Å². The summed E-state index contributed by atoms with van der Waals surface area (Å²) in [6.07, 6.45) is 0. The first-order chi connectivity index (χ1) is 9.83. The van der Waals surface area contributed by atoms with Gasteiger partial charge in [-0.15, -0.1) is 0 Å². The topological polar surface area (TPSA) is 84.0 Å². The molecule has 0 aliphatic rings. The SMILES string of the molecule is N#Cc1cc(F)cc(CS(=O)(=O)c2c(N)cccc2Cl)c1.